The zero-order chi connectivity index (χ0) is 16.5. The molecular weight excluding hydrogens is 296 g/mol. The summed E-state index contributed by atoms with van der Waals surface area (Å²) in [6.07, 6.45) is 2.65. The van der Waals surface area contributed by atoms with Gasteiger partial charge in [0.25, 0.3) is 0 Å². The molecule has 1 aliphatic carbocycles. The standard InChI is InChI=1S/C17H24N2O4/c1-2-22-12-16(20)18-14-9-6-10-15(11-14)23-17(21)19-13-7-4-3-5-8-13/h3-5,7-8,14-15H,2,6,9-12H2,1H3,(H,18,20)(H,19,21)/t14-,15+/m0/s1. The Balaban J connectivity index is 1.75. The van der Waals surface area contributed by atoms with Gasteiger partial charge < -0.3 is 14.8 Å². The molecule has 0 heterocycles. The highest BCUT2D eigenvalue weighted by Crippen LogP contribution is 2.22. The van der Waals surface area contributed by atoms with E-state index in [1.165, 1.54) is 0 Å². The molecule has 1 fully saturated rings. The highest BCUT2D eigenvalue weighted by Gasteiger charge is 2.26. The van der Waals surface area contributed by atoms with Crippen molar-refractivity contribution in [2.45, 2.75) is 44.8 Å². The number of carbonyl (C=O) groups is 2. The molecule has 1 aromatic carbocycles. The Morgan fingerprint density at radius 2 is 2.00 bits per heavy atom. The molecule has 0 aliphatic heterocycles. The van der Waals surface area contributed by atoms with Crippen LogP contribution in [0, 0.1) is 0 Å². The number of carbonyl (C=O) groups excluding carboxylic acids is 2. The average molecular weight is 320 g/mol. The van der Waals surface area contributed by atoms with E-state index in [9.17, 15) is 9.59 Å². The maximum absolute atomic E-state index is 11.9. The Morgan fingerprint density at radius 1 is 1.22 bits per heavy atom. The van der Waals surface area contributed by atoms with Crippen LogP contribution in [0.1, 0.15) is 32.6 Å². The lowest BCUT2D eigenvalue weighted by atomic mass is 9.93. The Hall–Kier alpha value is -2.08. The molecule has 23 heavy (non-hydrogen) atoms. The van der Waals surface area contributed by atoms with Crippen LogP contribution in [0.15, 0.2) is 30.3 Å². The quantitative estimate of drug-likeness (QED) is 0.845. The summed E-state index contributed by atoms with van der Waals surface area (Å²) in [7, 11) is 0. The molecule has 2 N–H and O–H groups in total. The van der Waals surface area contributed by atoms with Gasteiger partial charge in [0.2, 0.25) is 5.91 Å². The minimum atomic E-state index is -0.456. The third-order valence-corrected chi connectivity index (χ3v) is 3.72. The van der Waals surface area contributed by atoms with Gasteiger partial charge in [-0.3, -0.25) is 10.1 Å². The van der Waals surface area contributed by atoms with Crippen molar-refractivity contribution < 1.29 is 19.1 Å². The molecule has 2 amide bonds. The lowest BCUT2D eigenvalue weighted by molar-refractivity contribution is -0.126. The lowest BCUT2D eigenvalue weighted by Crippen LogP contribution is -2.42. The molecule has 0 unspecified atom stereocenters. The Labute approximate surface area is 136 Å². The summed E-state index contributed by atoms with van der Waals surface area (Å²) in [5.74, 6) is -0.119. The second-order valence-corrected chi connectivity index (χ2v) is 5.59. The van der Waals surface area contributed by atoms with Crippen molar-refractivity contribution in [2.24, 2.45) is 0 Å². The minimum absolute atomic E-state index is 0.0335. The Kier molecular flexibility index (Phi) is 6.87. The Morgan fingerprint density at radius 3 is 2.74 bits per heavy atom. The SMILES string of the molecule is CCOCC(=O)N[C@H]1CCC[C@@H](OC(=O)Nc2ccccc2)C1. The fourth-order valence-corrected chi connectivity index (χ4v) is 2.67. The number of benzene rings is 1. The molecular formula is C17H24N2O4. The van der Waals surface area contributed by atoms with E-state index in [1.54, 1.807) is 12.1 Å². The van der Waals surface area contributed by atoms with E-state index in [0.29, 0.717) is 18.7 Å². The number of hydrogen-bond donors (Lipinski definition) is 2. The second-order valence-electron chi connectivity index (χ2n) is 5.59. The van der Waals surface area contributed by atoms with Gasteiger partial charge in [0.15, 0.2) is 0 Å². The number of anilines is 1. The van der Waals surface area contributed by atoms with Crippen molar-refractivity contribution in [3.63, 3.8) is 0 Å². The second kappa shape index (κ2) is 9.15. The topological polar surface area (TPSA) is 76.7 Å². The Bertz CT molecular complexity index is 507. The molecule has 0 aromatic heterocycles. The number of nitrogens with one attached hydrogen (secondary N) is 2. The van der Waals surface area contributed by atoms with Crippen molar-refractivity contribution in [3.05, 3.63) is 30.3 Å². The van der Waals surface area contributed by atoms with Gasteiger partial charge in [0.1, 0.15) is 12.7 Å². The van der Waals surface area contributed by atoms with Crippen molar-refractivity contribution in [3.8, 4) is 0 Å². The van der Waals surface area contributed by atoms with Crippen molar-refractivity contribution >= 4 is 17.7 Å². The van der Waals surface area contributed by atoms with E-state index in [0.717, 1.165) is 19.3 Å². The summed E-state index contributed by atoms with van der Waals surface area (Å²) >= 11 is 0. The smallest absolute Gasteiger partial charge is 0.411 e. The molecule has 6 nitrogen and oxygen atoms in total. The predicted molar refractivity (Wildman–Crippen MR) is 87.2 cm³/mol. The van der Waals surface area contributed by atoms with Gasteiger partial charge in [0.05, 0.1) is 0 Å². The average Bonchev–Trinajstić information content (AvgIpc) is 2.54. The van der Waals surface area contributed by atoms with Crippen molar-refractivity contribution in [2.75, 3.05) is 18.5 Å². The fourth-order valence-electron chi connectivity index (χ4n) is 2.67. The highest BCUT2D eigenvalue weighted by molar-refractivity contribution is 5.84. The van der Waals surface area contributed by atoms with Crippen LogP contribution < -0.4 is 10.6 Å². The van der Waals surface area contributed by atoms with Crippen LogP contribution in [0.25, 0.3) is 0 Å². The van der Waals surface area contributed by atoms with E-state index in [4.69, 9.17) is 9.47 Å². The number of rotatable bonds is 6. The van der Waals surface area contributed by atoms with E-state index in [-0.39, 0.29) is 24.7 Å². The zero-order valence-electron chi connectivity index (χ0n) is 13.4. The van der Waals surface area contributed by atoms with Gasteiger partial charge in [-0.05, 0) is 38.3 Å². The third kappa shape index (κ3) is 6.28. The first kappa shape index (κ1) is 17.3. The van der Waals surface area contributed by atoms with Crippen LogP contribution in [-0.4, -0.2) is 37.4 Å². The highest BCUT2D eigenvalue weighted by atomic mass is 16.6. The van der Waals surface area contributed by atoms with E-state index >= 15 is 0 Å². The van der Waals surface area contributed by atoms with E-state index < -0.39 is 6.09 Å². The first-order valence-electron chi connectivity index (χ1n) is 8.07. The molecule has 0 radical (unpaired) electrons. The van der Waals surface area contributed by atoms with Gasteiger partial charge in [-0.25, -0.2) is 4.79 Å². The largest absolute Gasteiger partial charge is 0.446 e. The molecule has 2 rings (SSSR count). The summed E-state index contributed by atoms with van der Waals surface area (Å²) in [6.45, 7) is 2.44. The van der Waals surface area contributed by atoms with E-state index in [2.05, 4.69) is 10.6 Å². The normalized spacial score (nSPS) is 20.6. The maximum atomic E-state index is 11.9. The van der Waals surface area contributed by atoms with Crippen molar-refractivity contribution in [1.29, 1.82) is 0 Å². The lowest BCUT2D eigenvalue weighted by Gasteiger charge is -2.29. The van der Waals surface area contributed by atoms with Crippen molar-refractivity contribution in [1.82, 2.24) is 5.32 Å². The summed E-state index contributed by atoms with van der Waals surface area (Å²) in [5.41, 5.74) is 0.704. The van der Waals surface area contributed by atoms with Gasteiger partial charge in [0, 0.05) is 24.8 Å². The molecule has 6 heteroatoms. The first-order valence-corrected chi connectivity index (χ1v) is 8.07. The summed E-state index contributed by atoms with van der Waals surface area (Å²) in [5, 5.41) is 5.64. The number of amides is 2. The number of ether oxygens (including phenoxy) is 2. The van der Waals surface area contributed by atoms with Gasteiger partial charge in [-0.1, -0.05) is 18.2 Å². The van der Waals surface area contributed by atoms with Crippen LogP contribution in [0.4, 0.5) is 10.5 Å². The van der Waals surface area contributed by atoms with Crippen LogP contribution in [0.5, 0.6) is 0 Å². The molecule has 0 spiro atoms. The summed E-state index contributed by atoms with van der Waals surface area (Å²) < 4.78 is 10.5. The van der Waals surface area contributed by atoms with Crippen LogP contribution in [0.2, 0.25) is 0 Å². The van der Waals surface area contributed by atoms with Gasteiger partial charge in [-0.2, -0.15) is 0 Å². The van der Waals surface area contributed by atoms with Crippen LogP contribution in [0.3, 0.4) is 0 Å². The molecule has 2 atom stereocenters. The zero-order valence-corrected chi connectivity index (χ0v) is 13.4. The molecule has 1 aromatic rings. The third-order valence-electron chi connectivity index (χ3n) is 3.72. The summed E-state index contributed by atoms with van der Waals surface area (Å²) in [4.78, 5) is 23.6. The summed E-state index contributed by atoms with van der Waals surface area (Å²) in [6, 6.07) is 9.22. The minimum Gasteiger partial charge on any atom is -0.446 e. The molecule has 126 valence electrons. The monoisotopic (exact) mass is 320 g/mol. The number of para-hydroxylation sites is 1. The predicted octanol–water partition coefficient (Wildman–Crippen LogP) is 2.70. The van der Waals surface area contributed by atoms with Gasteiger partial charge in [-0.15, -0.1) is 0 Å². The van der Waals surface area contributed by atoms with E-state index in [1.807, 2.05) is 25.1 Å². The molecule has 0 bridgehead atoms. The van der Waals surface area contributed by atoms with Gasteiger partial charge >= 0.3 is 6.09 Å². The maximum Gasteiger partial charge on any atom is 0.411 e. The fraction of sp³-hybridized carbons (Fsp3) is 0.529. The molecule has 0 saturated heterocycles. The first-order chi connectivity index (χ1) is 11.2. The number of hydrogen-bond acceptors (Lipinski definition) is 4. The van der Waals surface area contributed by atoms with Crippen LogP contribution in [-0.2, 0) is 14.3 Å². The van der Waals surface area contributed by atoms with Crippen LogP contribution >= 0.6 is 0 Å². The molecule has 1 aliphatic rings. The molecule has 1 saturated carbocycles.